The number of thiazole rings is 1. The lowest BCUT2D eigenvalue weighted by Crippen LogP contribution is -2.01. The number of rotatable bonds is 7. The number of aromatic nitrogens is 1. The van der Waals surface area contributed by atoms with Crippen LogP contribution in [0.4, 0.5) is 5.69 Å². The van der Waals surface area contributed by atoms with Crippen molar-refractivity contribution in [3.8, 4) is 16.3 Å². The van der Waals surface area contributed by atoms with E-state index in [9.17, 15) is 5.11 Å². The fourth-order valence-corrected chi connectivity index (χ4v) is 3.77. The summed E-state index contributed by atoms with van der Waals surface area (Å²) in [6.07, 6.45) is 1.91. The van der Waals surface area contributed by atoms with Gasteiger partial charge in [-0.3, -0.25) is 0 Å². The summed E-state index contributed by atoms with van der Waals surface area (Å²) in [5, 5.41) is 18.0. The van der Waals surface area contributed by atoms with Crippen molar-refractivity contribution >= 4 is 28.4 Å². The molecule has 0 saturated heterocycles. The Labute approximate surface area is 143 Å². The molecule has 3 aromatic rings. The first-order valence-corrected chi connectivity index (χ1v) is 9.13. The lowest BCUT2D eigenvalue weighted by atomic mass is 10.2. The molecule has 6 heteroatoms. The largest absolute Gasteiger partial charge is 0.494 e. The van der Waals surface area contributed by atoms with Gasteiger partial charge in [0.15, 0.2) is 0 Å². The predicted octanol–water partition coefficient (Wildman–Crippen LogP) is 4.37. The maximum Gasteiger partial charge on any atom is 0.124 e. The topological polar surface area (TPSA) is 54.4 Å². The number of aliphatic hydroxyl groups excluding tert-OH is 1. The zero-order valence-electron chi connectivity index (χ0n) is 12.8. The van der Waals surface area contributed by atoms with Crippen molar-refractivity contribution in [3.63, 3.8) is 0 Å². The maximum atomic E-state index is 9.45. The van der Waals surface area contributed by atoms with Crippen LogP contribution < -0.4 is 10.1 Å². The summed E-state index contributed by atoms with van der Waals surface area (Å²) in [6.45, 7) is 3.20. The maximum absolute atomic E-state index is 9.45. The Hall–Kier alpha value is -1.89. The fourth-order valence-electron chi connectivity index (χ4n) is 2.21. The molecule has 0 bridgehead atoms. The van der Waals surface area contributed by atoms with Gasteiger partial charge in [-0.05, 0) is 36.6 Å². The van der Waals surface area contributed by atoms with Gasteiger partial charge in [-0.1, -0.05) is 0 Å². The molecule has 3 rings (SSSR count). The Morgan fingerprint density at radius 3 is 2.96 bits per heavy atom. The molecule has 0 spiro atoms. The molecule has 0 saturated carbocycles. The summed E-state index contributed by atoms with van der Waals surface area (Å²) >= 11 is 3.37. The lowest BCUT2D eigenvalue weighted by Gasteiger charge is -2.11. The normalized spacial score (nSPS) is 10.7. The Bertz CT molecular complexity index is 754. The molecule has 2 heterocycles. The number of hydrogen-bond acceptors (Lipinski definition) is 6. The van der Waals surface area contributed by atoms with Crippen LogP contribution in [0.5, 0.6) is 5.75 Å². The van der Waals surface area contributed by atoms with Crippen molar-refractivity contribution < 1.29 is 9.84 Å². The van der Waals surface area contributed by atoms with E-state index in [-0.39, 0.29) is 6.61 Å². The zero-order valence-corrected chi connectivity index (χ0v) is 14.4. The van der Waals surface area contributed by atoms with E-state index >= 15 is 0 Å². The molecule has 2 aromatic heterocycles. The van der Waals surface area contributed by atoms with Crippen LogP contribution in [-0.4, -0.2) is 16.7 Å². The molecule has 23 heavy (non-hydrogen) atoms. The second kappa shape index (κ2) is 7.59. The quantitative estimate of drug-likeness (QED) is 0.667. The van der Waals surface area contributed by atoms with Gasteiger partial charge in [-0.25, -0.2) is 4.98 Å². The molecule has 2 N–H and O–H groups in total. The Morgan fingerprint density at radius 2 is 2.22 bits per heavy atom. The SMILES string of the molecule is CCOc1ccc(NCc2cnc(-c3ccsc3)s2)cc1CO. The molecular weight excluding hydrogens is 328 g/mol. The number of thiophene rings is 1. The van der Waals surface area contributed by atoms with Crippen molar-refractivity contribution in [3.05, 3.63) is 51.7 Å². The van der Waals surface area contributed by atoms with E-state index in [0.717, 1.165) is 22.0 Å². The zero-order chi connectivity index (χ0) is 16.1. The number of benzene rings is 1. The smallest absolute Gasteiger partial charge is 0.124 e. The third kappa shape index (κ3) is 3.90. The highest BCUT2D eigenvalue weighted by Crippen LogP contribution is 2.28. The molecule has 0 aliphatic carbocycles. The van der Waals surface area contributed by atoms with E-state index in [2.05, 4.69) is 27.1 Å². The van der Waals surface area contributed by atoms with Crippen LogP contribution >= 0.6 is 22.7 Å². The van der Waals surface area contributed by atoms with Gasteiger partial charge in [0, 0.05) is 33.3 Å². The average molecular weight is 346 g/mol. The molecule has 120 valence electrons. The Kier molecular flexibility index (Phi) is 5.27. The second-order valence-electron chi connectivity index (χ2n) is 4.91. The summed E-state index contributed by atoms with van der Waals surface area (Å²) in [5.74, 6) is 0.734. The van der Waals surface area contributed by atoms with E-state index in [1.807, 2.05) is 31.3 Å². The number of ether oxygens (including phenoxy) is 1. The third-order valence-corrected chi connectivity index (χ3v) is 5.05. The van der Waals surface area contributed by atoms with Gasteiger partial charge >= 0.3 is 0 Å². The van der Waals surface area contributed by atoms with Crippen LogP contribution in [0.3, 0.4) is 0 Å². The van der Waals surface area contributed by atoms with Gasteiger partial charge in [0.05, 0.1) is 19.8 Å². The van der Waals surface area contributed by atoms with Gasteiger partial charge in [0.2, 0.25) is 0 Å². The highest BCUT2D eigenvalue weighted by Gasteiger charge is 2.07. The molecule has 4 nitrogen and oxygen atoms in total. The van der Waals surface area contributed by atoms with Crippen LogP contribution in [0.25, 0.3) is 10.6 Å². The van der Waals surface area contributed by atoms with Gasteiger partial charge in [0.1, 0.15) is 10.8 Å². The molecule has 0 unspecified atom stereocenters. The number of nitrogens with zero attached hydrogens (tertiary/aromatic N) is 1. The minimum atomic E-state index is -0.0340. The summed E-state index contributed by atoms with van der Waals surface area (Å²) in [7, 11) is 0. The highest BCUT2D eigenvalue weighted by atomic mass is 32.1. The van der Waals surface area contributed by atoms with Crippen LogP contribution in [0.1, 0.15) is 17.4 Å². The van der Waals surface area contributed by atoms with Crippen LogP contribution in [-0.2, 0) is 13.2 Å². The van der Waals surface area contributed by atoms with Crippen molar-refractivity contribution in [2.75, 3.05) is 11.9 Å². The first-order chi connectivity index (χ1) is 11.3. The minimum absolute atomic E-state index is 0.0340. The summed E-state index contributed by atoms with van der Waals surface area (Å²) in [4.78, 5) is 5.64. The number of nitrogens with one attached hydrogen (secondary N) is 1. The molecule has 0 amide bonds. The van der Waals surface area contributed by atoms with Crippen molar-refractivity contribution in [1.82, 2.24) is 4.98 Å². The van der Waals surface area contributed by atoms with E-state index in [1.165, 1.54) is 10.4 Å². The molecule has 0 fully saturated rings. The van der Waals surface area contributed by atoms with Gasteiger partial charge in [0.25, 0.3) is 0 Å². The fraction of sp³-hybridized carbons (Fsp3) is 0.235. The number of aliphatic hydroxyl groups is 1. The number of anilines is 1. The second-order valence-corrected chi connectivity index (χ2v) is 6.81. The highest BCUT2D eigenvalue weighted by molar-refractivity contribution is 7.15. The van der Waals surface area contributed by atoms with Crippen molar-refractivity contribution in [2.45, 2.75) is 20.1 Å². The van der Waals surface area contributed by atoms with E-state index in [1.54, 1.807) is 22.7 Å². The summed E-state index contributed by atoms with van der Waals surface area (Å²) < 4.78 is 5.50. The molecule has 0 atom stereocenters. The lowest BCUT2D eigenvalue weighted by molar-refractivity contribution is 0.267. The van der Waals surface area contributed by atoms with Gasteiger partial charge in [-0.2, -0.15) is 11.3 Å². The van der Waals surface area contributed by atoms with Crippen LogP contribution in [0.2, 0.25) is 0 Å². The Morgan fingerprint density at radius 1 is 1.30 bits per heavy atom. The van der Waals surface area contributed by atoms with Crippen LogP contribution in [0, 0.1) is 0 Å². The van der Waals surface area contributed by atoms with Gasteiger partial charge in [-0.15, -0.1) is 11.3 Å². The molecule has 0 radical (unpaired) electrons. The number of hydrogen-bond donors (Lipinski definition) is 2. The van der Waals surface area contributed by atoms with E-state index in [0.29, 0.717) is 13.2 Å². The molecule has 0 aliphatic heterocycles. The monoisotopic (exact) mass is 346 g/mol. The molecule has 1 aromatic carbocycles. The standard InChI is InChI=1S/C17H18N2O2S2/c1-2-21-16-4-3-14(7-13(16)10-20)18-8-15-9-19-17(23-15)12-5-6-22-11-12/h3-7,9,11,18,20H,2,8,10H2,1H3. The van der Waals surface area contributed by atoms with Crippen molar-refractivity contribution in [2.24, 2.45) is 0 Å². The van der Waals surface area contributed by atoms with E-state index in [4.69, 9.17) is 4.74 Å². The minimum Gasteiger partial charge on any atom is -0.494 e. The average Bonchev–Trinajstić information content (AvgIpc) is 3.25. The van der Waals surface area contributed by atoms with Crippen LogP contribution in [0.15, 0.2) is 41.2 Å². The van der Waals surface area contributed by atoms with E-state index < -0.39 is 0 Å². The Balaban J connectivity index is 1.66. The first kappa shape index (κ1) is 16.0. The third-order valence-electron chi connectivity index (χ3n) is 3.32. The van der Waals surface area contributed by atoms with Crippen molar-refractivity contribution in [1.29, 1.82) is 0 Å². The predicted molar refractivity (Wildman–Crippen MR) is 96.3 cm³/mol. The molecular formula is C17H18N2O2S2. The van der Waals surface area contributed by atoms with Gasteiger partial charge < -0.3 is 15.2 Å². The first-order valence-electron chi connectivity index (χ1n) is 7.38. The molecule has 0 aliphatic rings. The summed E-state index contributed by atoms with van der Waals surface area (Å²) in [6, 6.07) is 7.86. The summed E-state index contributed by atoms with van der Waals surface area (Å²) in [5.41, 5.74) is 2.93.